The van der Waals surface area contributed by atoms with Crippen LogP contribution in [0.1, 0.15) is 0 Å². The number of rotatable bonds is 6. The Balaban J connectivity index is 1.37. The van der Waals surface area contributed by atoms with Crippen LogP contribution in [0.15, 0.2) is 54.9 Å². The van der Waals surface area contributed by atoms with Crippen LogP contribution in [0.5, 0.6) is 17.2 Å². The Labute approximate surface area is 192 Å². The highest BCUT2D eigenvalue weighted by molar-refractivity contribution is 5.90. The summed E-state index contributed by atoms with van der Waals surface area (Å²) in [5.74, 6) is 2.82. The molecule has 2 amide bonds. The largest absolute Gasteiger partial charge is 0.497 e. The second-order valence-electron chi connectivity index (χ2n) is 7.46. The molecule has 1 N–H and O–H groups in total. The molecule has 1 aliphatic heterocycles. The molecule has 2 aromatic carbocycles. The molecule has 0 atom stereocenters. The highest BCUT2D eigenvalue weighted by Crippen LogP contribution is 2.30. The van der Waals surface area contributed by atoms with Gasteiger partial charge in [0.05, 0.1) is 27.0 Å². The number of benzene rings is 2. The summed E-state index contributed by atoms with van der Waals surface area (Å²) < 4.78 is 15.8. The predicted octanol–water partition coefficient (Wildman–Crippen LogP) is 3.52. The van der Waals surface area contributed by atoms with Crippen LogP contribution in [0, 0.1) is 0 Å². The Morgan fingerprint density at radius 1 is 0.848 bits per heavy atom. The van der Waals surface area contributed by atoms with E-state index >= 15 is 0 Å². The summed E-state index contributed by atoms with van der Waals surface area (Å²) in [6.45, 7) is 2.53. The standard InChI is InChI=1S/C24H27N5O4/c1-31-19-7-4-17(5-8-19)20-15-23(26-16-25-20)28-10-12-29(13-11-28)24(30)27-18-6-9-21(32-2)22(14-18)33-3/h4-9,14-16H,10-13H2,1-3H3,(H,27,30). The molecule has 0 unspecified atom stereocenters. The number of piperazine rings is 1. The van der Waals surface area contributed by atoms with Gasteiger partial charge in [0.2, 0.25) is 0 Å². The van der Waals surface area contributed by atoms with Gasteiger partial charge in [-0.25, -0.2) is 14.8 Å². The fourth-order valence-corrected chi connectivity index (χ4v) is 3.69. The fraction of sp³-hybridized carbons (Fsp3) is 0.292. The highest BCUT2D eigenvalue weighted by Gasteiger charge is 2.22. The van der Waals surface area contributed by atoms with E-state index in [0.29, 0.717) is 43.4 Å². The molecule has 1 aliphatic rings. The number of urea groups is 1. The smallest absolute Gasteiger partial charge is 0.321 e. The maximum absolute atomic E-state index is 12.7. The number of carbonyl (C=O) groups excluding carboxylic acids is 1. The van der Waals surface area contributed by atoms with E-state index in [9.17, 15) is 4.79 Å². The van der Waals surface area contributed by atoms with Gasteiger partial charge in [0.25, 0.3) is 0 Å². The van der Waals surface area contributed by atoms with Gasteiger partial charge >= 0.3 is 6.03 Å². The number of anilines is 2. The summed E-state index contributed by atoms with van der Waals surface area (Å²) in [6.07, 6.45) is 1.57. The Hall–Kier alpha value is -4.01. The van der Waals surface area contributed by atoms with E-state index in [4.69, 9.17) is 14.2 Å². The maximum atomic E-state index is 12.7. The summed E-state index contributed by atoms with van der Waals surface area (Å²) >= 11 is 0. The van der Waals surface area contributed by atoms with E-state index < -0.39 is 0 Å². The Kier molecular flexibility index (Phi) is 6.77. The van der Waals surface area contributed by atoms with Crippen molar-refractivity contribution >= 4 is 17.5 Å². The molecule has 1 fully saturated rings. The predicted molar refractivity (Wildman–Crippen MR) is 126 cm³/mol. The second kappa shape index (κ2) is 10.1. The molecular formula is C24H27N5O4. The van der Waals surface area contributed by atoms with Gasteiger partial charge < -0.3 is 29.3 Å². The van der Waals surface area contributed by atoms with Crippen molar-refractivity contribution in [2.24, 2.45) is 0 Å². The first-order valence-corrected chi connectivity index (χ1v) is 10.6. The van der Waals surface area contributed by atoms with Crippen LogP contribution in [-0.4, -0.2) is 68.4 Å². The van der Waals surface area contributed by atoms with E-state index in [1.807, 2.05) is 30.3 Å². The lowest BCUT2D eigenvalue weighted by Gasteiger charge is -2.35. The van der Waals surface area contributed by atoms with E-state index in [-0.39, 0.29) is 6.03 Å². The van der Waals surface area contributed by atoms with Crippen LogP contribution < -0.4 is 24.4 Å². The monoisotopic (exact) mass is 449 g/mol. The van der Waals surface area contributed by atoms with Gasteiger partial charge in [-0.05, 0) is 36.4 Å². The van der Waals surface area contributed by atoms with Crippen molar-refractivity contribution in [3.05, 3.63) is 54.9 Å². The SMILES string of the molecule is COc1ccc(-c2cc(N3CCN(C(=O)Nc4ccc(OC)c(OC)c4)CC3)ncn2)cc1. The van der Waals surface area contributed by atoms with E-state index in [1.54, 1.807) is 50.8 Å². The Morgan fingerprint density at radius 3 is 2.24 bits per heavy atom. The summed E-state index contributed by atoms with van der Waals surface area (Å²) in [5.41, 5.74) is 2.49. The van der Waals surface area contributed by atoms with Crippen molar-refractivity contribution in [1.29, 1.82) is 0 Å². The van der Waals surface area contributed by atoms with Crippen LogP contribution >= 0.6 is 0 Å². The Bertz CT molecular complexity index is 1100. The molecule has 2 heterocycles. The average molecular weight is 450 g/mol. The third-order valence-corrected chi connectivity index (χ3v) is 5.56. The molecule has 4 rings (SSSR count). The molecule has 0 spiro atoms. The summed E-state index contributed by atoms with van der Waals surface area (Å²) in [4.78, 5) is 25.5. The molecule has 0 saturated carbocycles. The normalized spacial score (nSPS) is 13.4. The quantitative estimate of drug-likeness (QED) is 0.616. The van der Waals surface area contributed by atoms with Crippen LogP contribution in [0.4, 0.5) is 16.3 Å². The van der Waals surface area contributed by atoms with Gasteiger partial charge in [-0.15, -0.1) is 0 Å². The zero-order valence-electron chi connectivity index (χ0n) is 18.9. The lowest BCUT2D eigenvalue weighted by atomic mass is 10.1. The number of methoxy groups -OCH3 is 3. The number of nitrogens with zero attached hydrogens (tertiary/aromatic N) is 4. The van der Waals surface area contributed by atoms with Crippen molar-refractivity contribution in [2.45, 2.75) is 0 Å². The lowest BCUT2D eigenvalue weighted by Crippen LogP contribution is -2.50. The number of amides is 2. The molecule has 0 radical (unpaired) electrons. The third-order valence-electron chi connectivity index (χ3n) is 5.56. The molecule has 0 aliphatic carbocycles. The van der Waals surface area contributed by atoms with Gasteiger partial charge in [0, 0.05) is 49.6 Å². The first-order valence-electron chi connectivity index (χ1n) is 10.6. The van der Waals surface area contributed by atoms with E-state index in [0.717, 1.165) is 22.8 Å². The molecule has 0 bridgehead atoms. The van der Waals surface area contributed by atoms with Gasteiger partial charge in [-0.3, -0.25) is 0 Å². The van der Waals surface area contributed by atoms with E-state index in [1.165, 1.54) is 0 Å². The summed E-state index contributed by atoms with van der Waals surface area (Å²) in [6, 6.07) is 14.9. The molecule has 9 heteroatoms. The zero-order chi connectivity index (χ0) is 23.2. The topological polar surface area (TPSA) is 89.1 Å². The van der Waals surface area contributed by atoms with E-state index in [2.05, 4.69) is 20.2 Å². The molecule has 172 valence electrons. The van der Waals surface area contributed by atoms with Crippen LogP contribution in [0.2, 0.25) is 0 Å². The van der Waals surface area contributed by atoms with Crippen molar-refractivity contribution in [2.75, 3.05) is 57.7 Å². The zero-order valence-corrected chi connectivity index (χ0v) is 18.9. The number of aromatic nitrogens is 2. The van der Waals surface area contributed by atoms with Gasteiger partial charge in [0.15, 0.2) is 11.5 Å². The average Bonchev–Trinajstić information content (AvgIpc) is 2.88. The Morgan fingerprint density at radius 2 is 1.58 bits per heavy atom. The van der Waals surface area contributed by atoms with Crippen LogP contribution in [0.3, 0.4) is 0 Å². The van der Waals surface area contributed by atoms with Crippen molar-refractivity contribution in [3.8, 4) is 28.5 Å². The molecule has 1 aromatic heterocycles. The van der Waals surface area contributed by atoms with Gasteiger partial charge in [-0.1, -0.05) is 0 Å². The fourth-order valence-electron chi connectivity index (χ4n) is 3.69. The number of ether oxygens (including phenoxy) is 3. The third kappa shape index (κ3) is 5.08. The summed E-state index contributed by atoms with van der Waals surface area (Å²) in [5, 5.41) is 2.93. The molecule has 3 aromatic rings. The molecular weight excluding hydrogens is 422 g/mol. The number of hydrogen-bond donors (Lipinski definition) is 1. The van der Waals surface area contributed by atoms with Crippen molar-refractivity contribution in [1.82, 2.24) is 14.9 Å². The second-order valence-corrected chi connectivity index (χ2v) is 7.46. The minimum atomic E-state index is -0.150. The summed E-state index contributed by atoms with van der Waals surface area (Å²) in [7, 11) is 4.79. The van der Waals surface area contributed by atoms with Crippen LogP contribution in [-0.2, 0) is 0 Å². The highest BCUT2D eigenvalue weighted by atomic mass is 16.5. The minimum Gasteiger partial charge on any atom is -0.497 e. The van der Waals surface area contributed by atoms with Gasteiger partial charge in [0.1, 0.15) is 17.9 Å². The number of carbonyl (C=O) groups is 1. The minimum absolute atomic E-state index is 0.150. The van der Waals surface area contributed by atoms with Gasteiger partial charge in [-0.2, -0.15) is 0 Å². The van der Waals surface area contributed by atoms with Crippen LogP contribution in [0.25, 0.3) is 11.3 Å². The molecule has 1 saturated heterocycles. The molecule has 33 heavy (non-hydrogen) atoms. The van der Waals surface area contributed by atoms with Crippen molar-refractivity contribution in [3.63, 3.8) is 0 Å². The van der Waals surface area contributed by atoms with Crippen molar-refractivity contribution < 1.29 is 19.0 Å². The first kappa shape index (κ1) is 22.2. The number of nitrogens with one attached hydrogen (secondary N) is 1. The lowest BCUT2D eigenvalue weighted by molar-refractivity contribution is 0.208. The maximum Gasteiger partial charge on any atom is 0.321 e. The molecule has 9 nitrogen and oxygen atoms in total. The first-order chi connectivity index (χ1) is 16.1. The number of hydrogen-bond acceptors (Lipinski definition) is 7.